The number of likely N-dealkylation sites (tertiary alicyclic amines) is 1. The van der Waals surface area contributed by atoms with E-state index in [9.17, 15) is 0 Å². The standard InChI is InChI=1S/C23H26ClN3O2S/c1-14-3-4-15(2)22-21(14)28-13-18(29-22)12-26-9-7-17(8-10-26)27-20-6-5-16(24)11-19(20)25-23(27)30/h3-6,11,17-18H,7-10,12-13H2,1-2H3,(H,25,30). The van der Waals surface area contributed by atoms with Crippen molar-refractivity contribution in [2.45, 2.75) is 38.8 Å². The van der Waals surface area contributed by atoms with Gasteiger partial charge in [0.2, 0.25) is 0 Å². The van der Waals surface area contributed by atoms with E-state index in [1.807, 2.05) is 12.1 Å². The second kappa shape index (κ2) is 7.91. The Morgan fingerprint density at radius 3 is 2.60 bits per heavy atom. The van der Waals surface area contributed by atoms with Crippen LogP contribution in [0.3, 0.4) is 0 Å². The summed E-state index contributed by atoms with van der Waals surface area (Å²) in [7, 11) is 0. The van der Waals surface area contributed by atoms with Crippen LogP contribution in [0.4, 0.5) is 0 Å². The van der Waals surface area contributed by atoms with E-state index in [1.165, 1.54) is 0 Å². The lowest BCUT2D eigenvalue weighted by Crippen LogP contribution is -2.44. The lowest BCUT2D eigenvalue weighted by Gasteiger charge is -2.36. The second-order valence-electron chi connectivity index (χ2n) is 8.40. The van der Waals surface area contributed by atoms with Crippen LogP contribution in [0.2, 0.25) is 5.02 Å². The van der Waals surface area contributed by atoms with E-state index in [2.05, 4.69) is 46.5 Å². The normalized spacial score (nSPS) is 20.0. The van der Waals surface area contributed by atoms with Gasteiger partial charge >= 0.3 is 0 Å². The van der Waals surface area contributed by atoms with Gasteiger partial charge < -0.3 is 19.0 Å². The molecule has 0 amide bonds. The van der Waals surface area contributed by atoms with E-state index in [4.69, 9.17) is 33.3 Å². The summed E-state index contributed by atoms with van der Waals surface area (Å²) in [5.41, 5.74) is 4.40. The van der Waals surface area contributed by atoms with Gasteiger partial charge in [-0.2, -0.15) is 0 Å². The van der Waals surface area contributed by atoms with Crippen LogP contribution in [0.5, 0.6) is 11.5 Å². The first-order valence-electron chi connectivity index (χ1n) is 10.5. The Morgan fingerprint density at radius 1 is 1.10 bits per heavy atom. The summed E-state index contributed by atoms with van der Waals surface area (Å²) in [4.78, 5) is 5.79. The Bertz CT molecular complexity index is 1150. The van der Waals surface area contributed by atoms with Gasteiger partial charge in [-0.15, -0.1) is 0 Å². The quantitative estimate of drug-likeness (QED) is 0.547. The zero-order valence-electron chi connectivity index (χ0n) is 17.3. The minimum Gasteiger partial charge on any atom is -0.485 e. The molecule has 2 aliphatic rings. The molecule has 2 aromatic carbocycles. The van der Waals surface area contributed by atoms with Crippen molar-refractivity contribution in [1.82, 2.24) is 14.5 Å². The Hall–Kier alpha value is -2.02. The van der Waals surface area contributed by atoms with Crippen molar-refractivity contribution in [1.29, 1.82) is 0 Å². The van der Waals surface area contributed by atoms with Crippen LogP contribution in [-0.4, -0.2) is 46.8 Å². The van der Waals surface area contributed by atoms with Crippen LogP contribution in [0, 0.1) is 18.6 Å². The smallest absolute Gasteiger partial charge is 0.178 e. The number of nitrogens with one attached hydrogen (secondary N) is 1. The number of benzene rings is 2. The minimum atomic E-state index is 0.0620. The largest absolute Gasteiger partial charge is 0.485 e. The second-order valence-corrected chi connectivity index (χ2v) is 9.23. The molecule has 30 heavy (non-hydrogen) atoms. The number of aromatic nitrogens is 2. The predicted octanol–water partition coefficient (Wildman–Crippen LogP) is 5.45. The van der Waals surface area contributed by atoms with Gasteiger partial charge in [0.1, 0.15) is 12.7 Å². The third-order valence-electron chi connectivity index (χ3n) is 6.27. The first-order valence-corrected chi connectivity index (χ1v) is 11.3. The molecule has 5 nitrogen and oxygen atoms in total. The maximum atomic E-state index is 6.33. The molecule has 0 spiro atoms. The maximum Gasteiger partial charge on any atom is 0.178 e. The third kappa shape index (κ3) is 3.61. The van der Waals surface area contributed by atoms with Gasteiger partial charge in [-0.1, -0.05) is 23.7 Å². The Balaban J connectivity index is 1.25. The highest BCUT2D eigenvalue weighted by atomic mass is 35.5. The molecule has 0 radical (unpaired) electrons. The van der Waals surface area contributed by atoms with Gasteiger partial charge in [-0.25, -0.2) is 0 Å². The number of hydrogen-bond donors (Lipinski definition) is 1. The number of aromatic amines is 1. The number of piperidine rings is 1. The Kier molecular flexibility index (Phi) is 5.25. The van der Waals surface area contributed by atoms with E-state index in [0.29, 0.717) is 12.6 Å². The first-order chi connectivity index (χ1) is 14.5. The van der Waals surface area contributed by atoms with Crippen molar-refractivity contribution in [3.05, 3.63) is 51.3 Å². The molecule has 3 heterocycles. The molecule has 2 aliphatic heterocycles. The zero-order valence-corrected chi connectivity index (χ0v) is 18.9. The molecule has 0 bridgehead atoms. The fourth-order valence-corrected chi connectivity index (χ4v) is 5.20. The summed E-state index contributed by atoms with van der Waals surface area (Å²) in [5.74, 6) is 1.81. The van der Waals surface area contributed by atoms with E-state index >= 15 is 0 Å². The molecule has 1 fully saturated rings. The van der Waals surface area contributed by atoms with E-state index in [-0.39, 0.29) is 6.10 Å². The number of nitrogens with zero attached hydrogens (tertiary/aromatic N) is 2. The molecule has 7 heteroatoms. The average molecular weight is 444 g/mol. The van der Waals surface area contributed by atoms with Gasteiger partial charge in [-0.3, -0.25) is 4.90 Å². The zero-order chi connectivity index (χ0) is 20.8. The van der Waals surface area contributed by atoms with Crippen molar-refractivity contribution in [2.24, 2.45) is 0 Å². The van der Waals surface area contributed by atoms with Crippen molar-refractivity contribution >= 4 is 34.9 Å². The van der Waals surface area contributed by atoms with Crippen molar-refractivity contribution in [3.8, 4) is 11.5 Å². The van der Waals surface area contributed by atoms with Crippen molar-refractivity contribution < 1.29 is 9.47 Å². The van der Waals surface area contributed by atoms with Crippen molar-refractivity contribution in [3.63, 3.8) is 0 Å². The molecular weight excluding hydrogens is 418 g/mol. The summed E-state index contributed by atoms with van der Waals surface area (Å²) in [6, 6.07) is 10.5. The van der Waals surface area contributed by atoms with Crippen molar-refractivity contribution in [2.75, 3.05) is 26.2 Å². The molecule has 1 N–H and O–H groups in total. The van der Waals surface area contributed by atoms with Crippen LogP contribution in [0.1, 0.15) is 30.0 Å². The van der Waals surface area contributed by atoms with E-state index < -0.39 is 0 Å². The highest BCUT2D eigenvalue weighted by molar-refractivity contribution is 7.71. The highest BCUT2D eigenvalue weighted by Crippen LogP contribution is 2.38. The van der Waals surface area contributed by atoms with Gasteiger partial charge in [0.15, 0.2) is 16.3 Å². The molecule has 0 saturated carbocycles. The molecule has 3 aromatic rings. The number of ether oxygens (including phenoxy) is 2. The molecular formula is C23H26ClN3O2S. The molecule has 0 aliphatic carbocycles. The highest BCUT2D eigenvalue weighted by Gasteiger charge is 2.28. The van der Waals surface area contributed by atoms with E-state index in [0.717, 1.165) is 75.9 Å². The predicted molar refractivity (Wildman–Crippen MR) is 123 cm³/mol. The van der Waals surface area contributed by atoms with Crippen LogP contribution < -0.4 is 9.47 Å². The van der Waals surface area contributed by atoms with Crippen LogP contribution in [-0.2, 0) is 0 Å². The summed E-state index contributed by atoms with van der Waals surface area (Å²) in [6.45, 7) is 7.67. The minimum absolute atomic E-state index is 0.0620. The van der Waals surface area contributed by atoms with Crippen LogP contribution in [0.15, 0.2) is 30.3 Å². The average Bonchev–Trinajstić information content (AvgIpc) is 3.06. The fourth-order valence-electron chi connectivity index (χ4n) is 4.67. The first kappa shape index (κ1) is 19.9. The Labute approximate surface area is 186 Å². The lowest BCUT2D eigenvalue weighted by molar-refractivity contribution is 0.0476. The maximum absolute atomic E-state index is 6.33. The SMILES string of the molecule is Cc1ccc(C)c2c1OCC(CN1CCC(n3c(=S)[nH]c4cc(Cl)ccc43)CC1)O2. The number of aryl methyl sites for hydroxylation is 2. The molecule has 1 atom stereocenters. The van der Waals surface area contributed by atoms with Crippen LogP contribution in [0.25, 0.3) is 11.0 Å². The summed E-state index contributed by atoms with van der Waals surface area (Å²) >= 11 is 11.7. The number of imidazole rings is 1. The van der Waals surface area contributed by atoms with Crippen LogP contribution >= 0.6 is 23.8 Å². The monoisotopic (exact) mass is 443 g/mol. The topological polar surface area (TPSA) is 42.4 Å². The lowest BCUT2D eigenvalue weighted by atomic mass is 10.0. The number of rotatable bonds is 3. The van der Waals surface area contributed by atoms with Gasteiger partial charge in [-0.05, 0) is 68.2 Å². The molecule has 158 valence electrons. The number of fused-ring (bicyclic) bond motifs is 2. The van der Waals surface area contributed by atoms with Gasteiger partial charge in [0.25, 0.3) is 0 Å². The summed E-state index contributed by atoms with van der Waals surface area (Å²) in [6.07, 6.45) is 2.19. The fraction of sp³-hybridized carbons (Fsp3) is 0.435. The Morgan fingerprint density at radius 2 is 1.83 bits per heavy atom. The summed E-state index contributed by atoms with van der Waals surface area (Å²) in [5, 5.41) is 0.724. The van der Waals surface area contributed by atoms with E-state index in [1.54, 1.807) is 0 Å². The number of halogens is 1. The number of H-pyrrole nitrogens is 1. The summed E-state index contributed by atoms with van der Waals surface area (Å²) < 4.78 is 15.4. The van der Waals surface area contributed by atoms with Gasteiger partial charge in [0.05, 0.1) is 11.0 Å². The molecule has 1 unspecified atom stereocenters. The van der Waals surface area contributed by atoms with Gasteiger partial charge in [0, 0.05) is 30.7 Å². The molecule has 5 rings (SSSR count). The molecule has 1 aromatic heterocycles. The molecule has 1 saturated heterocycles. The third-order valence-corrected chi connectivity index (χ3v) is 6.80. The number of hydrogen-bond acceptors (Lipinski definition) is 4.